The standard InChI is InChI=1S/C20H19F5N2O/c21-17-7-4-15(12-18(17)22)19(28)27-9-1-8-26(10-11-27)13-14-2-5-16(6-3-14)20(23,24)25/h2-7,12H,1,8-11,13H2. The predicted octanol–water partition coefficient (Wildman–Crippen LogP) is 4.33. The van der Waals surface area contributed by atoms with Gasteiger partial charge in [0.1, 0.15) is 0 Å². The van der Waals surface area contributed by atoms with Gasteiger partial charge in [-0.3, -0.25) is 9.69 Å². The molecule has 0 aromatic heterocycles. The molecular weight excluding hydrogens is 379 g/mol. The topological polar surface area (TPSA) is 23.6 Å². The molecule has 0 aliphatic carbocycles. The molecule has 3 rings (SSSR count). The summed E-state index contributed by atoms with van der Waals surface area (Å²) in [5.41, 5.74) is 0.166. The van der Waals surface area contributed by atoms with Crippen LogP contribution in [-0.2, 0) is 12.7 Å². The number of carbonyl (C=O) groups is 1. The van der Waals surface area contributed by atoms with Gasteiger partial charge >= 0.3 is 6.18 Å². The second-order valence-electron chi connectivity index (χ2n) is 6.75. The van der Waals surface area contributed by atoms with Crippen LogP contribution in [0.15, 0.2) is 42.5 Å². The van der Waals surface area contributed by atoms with Crippen LogP contribution >= 0.6 is 0 Å². The van der Waals surface area contributed by atoms with Crippen LogP contribution in [0.1, 0.15) is 27.9 Å². The highest BCUT2D eigenvalue weighted by Gasteiger charge is 2.30. The summed E-state index contributed by atoms with van der Waals surface area (Å²) in [5.74, 6) is -2.44. The molecule has 28 heavy (non-hydrogen) atoms. The van der Waals surface area contributed by atoms with Crippen molar-refractivity contribution in [2.24, 2.45) is 0 Å². The molecular formula is C20H19F5N2O. The van der Waals surface area contributed by atoms with Crippen LogP contribution in [0.4, 0.5) is 22.0 Å². The first-order chi connectivity index (χ1) is 13.2. The Hall–Kier alpha value is -2.48. The van der Waals surface area contributed by atoms with Crippen LogP contribution < -0.4 is 0 Å². The summed E-state index contributed by atoms with van der Waals surface area (Å²) in [6, 6.07) is 8.11. The Kier molecular flexibility index (Phi) is 5.98. The first-order valence-electron chi connectivity index (χ1n) is 8.87. The summed E-state index contributed by atoms with van der Waals surface area (Å²) < 4.78 is 64.4. The van der Waals surface area contributed by atoms with Crippen molar-refractivity contribution in [1.29, 1.82) is 0 Å². The molecule has 0 spiro atoms. The minimum atomic E-state index is -4.36. The maximum atomic E-state index is 13.4. The highest BCUT2D eigenvalue weighted by Crippen LogP contribution is 2.29. The van der Waals surface area contributed by atoms with E-state index in [1.807, 2.05) is 0 Å². The Morgan fingerprint density at radius 1 is 0.893 bits per heavy atom. The van der Waals surface area contributed by atoms with Crippen molar-refractivity contribution >= 4 is 5.91 Å². The molecule has 1 heterocycles. The lowest BCUT2D eigenvalue weighted by Crippen LogP contribution is -2.35. The van der Waals surface area contributed by atoms with Gasteiger partial charge in [-0.1, -0.05) is 12.1 Å². The molecule has 0 atom stereocenters. The van der Waals surface area contributed by atoms with Crippen molar-refractivity contribution < 1.29 is 26.7 Å². The van der Waals surface area contributed by atoms with Crippen molar-refractivity contribution in [3.63, 3.8) is 0 Å². The first-order valence-corrected chi connectivity index (χ1v) is 8.87. The quantitative estimate of drug-likeness (QED) is 0.719. The predicted molar refractivity (Wildman–Crippen MR) is 93.6 cm³/mol. The Morgan fingerprint density at radius 3 is 2.25 bits per heavy atom. The fourth-order valence-corrected chi connectivity index (χ4v) is 3.20. The lowest BCUT2D eigenvalue weighted by atomic mass is 10.1. The first kappa shape index (κ1) is 20.3. The van der Waals surface area contributed by atoms with E-state index in [2.05, 4.69) is 4.90 Å². The van der Waals surface area contributed by atoms with E-state index in [9.17, 15) is 26.7 Å². The maximum Gasteiger partial charge on any atom is 0.416 e. The van der Waals surface area contributed by atoms with Crippen molar-refractivity contribution in [2.75, 3.05) is 26.2 Å². The molecule has 3 nitrogen and oxygen atoms in total. The van der Waals surface area contributed by atoms with Crippen molar-refractivity contribution in [2.45, 2.75) is 19.1 Å². The Labute approximate surface area is 159 Å². The third-order valence-electron chi connectivity index (χ3n) is 4.73. The largest absolute Gasteiger partial charge is 0.416 e. The number of rotatable bonds is 3. The molecule has 1 saturated heterocycles. The molecule has 2 aromatic rings. The van der Waals surface area contributed by atoms with Crippen molar-refractivity contribution in [3.05, 3.63) is 70.8 Å². The second-order valence-corrected chi connectivity index (χ2v) is 6.75. The maximum absolute atomic E-state index is 13.4. The van der Waals surface area contributed by atoms with E-state index in [-0.39, 0.29) is 11.5 Å². The number of amides is 1. The fraction of sp³-hybridized carbons (Fsp3) is 0.350. The minimum absolute atomic E-state index is 0.0927. The monoisotopic (exact) mass is 398 g/mol. The van der Waals surface area contributed by atoms with E-state index in [1.165, 1.54) is 18.2 Å². The highest BCUT2D eigenvalue weighted by atomic mass is 19.4. The molecule has 0 bridgehead atoms. The molecule has 8 heteroatoms. The zero-order valence-corrected chi connectivity index (χ0v) is 15.0. The van der Waals surface area contributed by atoms with Gasteiger partial charge in [0.15, 0.2) is 11.6 Å². The number of hydrogen-bond donors (Lipinski definition) is 0. The summed E-state index contributed by atoms with van der Waals surface area (Å²) >= 11 is 0. The van der Waals surface area contributed by atoms with Gasteiger partial charge in [-0.25, -0.2) is 8.78 Å². The average Bonchev–Trinajstić information content (AvgIpc) is 2.89. The van der Waals surface area contributed by atoms with E-state index in [4.69, 9.17) is 0 Å². The van der Waals surface area contributed by atoms with E-state index in [0.29, 0.717) is 39.1 Å². The molecule has 0 unspecified atom stereocenters. The molecule has 1 aliphatic rings. The highest BCUT2D eigenvalue weighted by molar-refractivity contribution is 5.94. The smallest absolute Gasteiger partial charge is 0.337 e. The van der Waals surface area contributed by atoms with Crippen LogP contribution in [-0.4, -0.2) is 41.9 Å². The molecule has 150 valence electrons. The van der Waals surface area contributed by atoms with Gasteiger partial charge in [0.05, 0.1) is 5.56 Å². The minimum Gasteiger partial charge on any atom is -0.337 e. The van der Waals surface area contributed by atoms with Crippen molar-refractivity contribution in [3.8, 4) is 0 Å². The number of carbonyl (C=O) groups excluding carboxylic acids is 1. The summed E-state index contributed by atoms with van der Waals surface area (Å²) in [6.45, 7) is 2.57. The molecule has 0 N–H and O–H groups in total. The van der Waals surface area contributed by atoms with Gasteiger partial charge < -0.3 is 4.90 Å². The second kappa shape index (κ2) is 8.26. The van der Waals surface area contributed by atoms with Crippen LogP contribution in [0, 0.1) is 11.6 Å². The molecule has 2 aromatic carbocycles. The van der Waals surface area contributed by atoms with Crippen LogP contribution in [0.25, 0.3) is 0 Å². The number of alkyl halides is 3. The molecule has 1 fully saturated rings. The lowest BCUT2D eigenvalue weighted by Gasteiger charge is -2.22. The number of benzene rings is 2. The fourth-order valence-electron chi connectivity index (χ4n) is 3.20. The average molecular weight is 398 g/mol. The summed E-state index contributed by atoms with van der Waals surface area (Å²) in [7, 11) is 0. The van der Waals surface area contributed by atoms with E-state index < -0.39 is 23.4 Å². The van der Waals surface area contributed by atoms with E-state index >= 15 is 0 Å². The van der Waals surface area contributed by atoms with Gasteiger partial charge in [0, 0.05) is 38.3 Å². The van der Waals surface area contributed by atoms with Crippen LogP contribution in [0.3, 0.4) is 0 Å². The van der Waals surface area contributed by atoms with Gasteiger partial charge in [0.25, 0.3) is 5.91 Å². The van der Waals surface area contributed by atoms with Crippen molar-refractivity contribution in [1.82, 2.24) is 9.80 Å². The lowest BCUT2D eigenvalue weighted by molar-refractivity contribution is -0.137. The van der Waals surface area contributed by atoms with Gasteiger partial charge in [-0.2, -0.15) is 13.2 Å². The SMILES string of the molecule is O=C(c1ccc(F)c(F)c1)N1CCCN(Cc2ccc(C(F)(F)F)cc2)CC1. The zero-order valence-electron chi connectivity index (χ0n) is 15.0. The van der Waals surface area contributed by atoms with Gasteiger partial charge in [0.2, 0.25) is 0 Å². The summed E-state index contributed by atoms with van der Waals surface area (Å²) in [4.78, 5) is 16.2. The van der Waals surface area contributed by atoms with Gasteiger partial charge in [-0.05, 0) is 42.3 Å². The Balaban J connectivity index is 1.60. The molecule has 0 saturated carbocycles. The third kappa shape index (κ3) is 4.86. The van der Waals surface area contributed by atoms with Crippen LogP contribution in [0.2, 0.25) is 0 Å². The summed E-state index contributed by atoms with van der Waals surface area (Å²) in [6.07, 6.45) is -3.68. The molecule has 0 radical (unpaired) electrons. The molecule has 1 aliphatic heterocycles. The van der Waals surface area contributed by atoms with Gasteiger partial charge in [-0.15, -0.1) is 0 Å². The van der Waals surface area contributed by atoms with Crippen LogP contribution in [0.5, 0.6) is 0 Å². The van der Waals surface area contributed by atoms with E-state index in [0.717, 1.165) is 29.8 Å². The number of nitrogens with zero attached hydrogens (tertiary/aromatic N) is 2. The Morgan fingerprint density at radius 2 is 1.61 bits per heavy atom. The molecule has 1 amide bonds. The number of hydrogen-bond acceptors (Lipinski definition) is 2. The zero-order chi connectivity index (χ0) is 20.3. The Bertz CT molecular complexity index is 835. The summed E-state index contributed by atoms with van der Waals surface area (Å²) in [5, 5.41) is 0. The number of halogens is 5. The third-order valence-corrected chi connectivity index (χ3v) is 4.73. The van der Waals surface area contributed by atoms with E-state index in [1.54, 1.807) is 4.90 Å². The normalized spacial score (nSPS) is 16.1.